The molecule has 1 saturated carbocycles. The lowest BCUT2D eigenvalue weighted by Crippen LogP contribution is -2.27. The number of hydrogen-bond donors (Lipinski definition) is 1. The molecule has 1 aliphatic carbocycles. The highest BCUT2D eigenvalue weighted by Crippen LogP contribution is 2.40. The summed E-state index contributed by atoms with van der Waals surface area (Å²) in [6.45, 7) is 4.42. The van der Waals surface area contributed by atoms with Gasteiger partial charge in [0.15, 0.2) is 0 Å². The third-order valence-electron chi connectivity index (χ3n) is 4.06. The third kappa shape index (κ3) is 1.53. The van der Waals surface area contributed by atoms with E-state index in [0.29, 0.717) is 5.95 Å². The molecule has 0 atom stereocenters. The summed E-state index contributed by atoms with van der Waals surface area (Å²) in [4.78, 5) is 4.48. The second kappa shape index (κ2) is 3.49. The van der Waals surface area contributed by atoms with E-state index in [2.05, 4.69) is 41.6 Å². The molecule has 2 N–H and O–H groups in total. The first-order chi connectivity index (χ1) is 8.10. The standard InChI is InChI=1S/C14H19N3/c1-10-5-6-11-12(9-10)17(13(15)16-11)14(2)7-3-4-8-14/h5-6,9H,3-4,7-8H2,1-2H3,(H2,15,16). The first-order valence-electron chi connectivity index (χ1n) is 6.35. The monoisotopic (exact) mass is 229 g/mol. The number of nitrogens with zero attached hydrogens (tertiary/aromatic N) is 2. The Labute approximate surface area is 102 Å². The molecular formula is C14H19N3. The van der Waals surface area contributed by atoms with Crippen LogP contribution in [0.25, 0.3) is 11.0 Å². The maximum Gasteiger partial charge on any atom is 0.201 e. The molecule has 0 unspecified atom stereocenters. The van der Waals surface area contributed by atoms with Crippen LogP contribution in [0, 0.1) is 6.92 Å². The Morgan fingerprint density at radius 2 is 2.00 bits per heavy atom. The number of rotatable bonds is 1. The largest absolute Gasteiger partial charge is 0.369 e. The van der Waals surface area contributed by atoms with Gasteiger partial charge in [-0.25, -0.2) is 4.98 Å². The van der Waals surface area contributed by atoms with Crippen molar-refractivity contribution in [1.82, 2.24) is 9.55 Å². The van der Waals surface area contributed by atoms with Crippen LogP contribution in [0.5, 0.6) is 0 Å². The molecule has 1 aromatic heterocycles. The predicted octanol–water partition coefficient (Wildman–Crippen LogP) is 3.22. The van der Waals surface area contributed by atoms with Crippen molar-refractivity contribution in [2.24, 2.45) is 0 Å². The van der Waals surface area contributed by atoms with Gasteiger partial charge >= 0.3 is 0 Å². The summed E-state index contributed by atoms with van der Waals surface area (Å²) in [5, 5.41) is 0. The Morgan fingerprint density at radius 1 is 1.29 bits per heavy atom. The molecular weight excluding hydrogens is 210 g/mol. The highest BCUT2D eigenvalue weighted by Gasteiger charge is 2.33. The van der Waals surface area contributed by atoms with Crippen molar-refractivity contribution in [2.45, 2.75) is 45.1 Å². The van der Waals surface area contributed by atoms with Gasteiger partial charge in [-0.2, -0.15) is 0 Å². The van der Waals surface area contributed by atoms with Gasteiger partial charge in [0.1, 0.15) is 0 Å². The van der Waals surface area contributed by atoms with Crippen molar-refractivity contribution in [3.63, 3.8) is 0 Å². The molecule has 0 spiro atoms. The van der Waals surface area contributed by atoms with E-state index in [9.17, 15) is 0 Å². The summed E-state index contributed by atoms with van der Waals surface area (Å²) in [7, 11) is 0. The lowest BCUT2D eigenvalue weighted by molar-refractivity contribution is 0.343. The predicted molar refractivity (Wildman–Crippen MR) is 71.0 cm³/mol. The van der Waals surface area contributed by atoms with Crippen molar-refractivity contribution in [3.05, 3.63) is 23.8 Å². The number of imidazole rings is 1. The lowest BCUT2D eigenvalue weighted by atomic mass is 10.00. The van der Waals surface area contributed by atoms with Gasteiger partial charge in [0, 0.05) is 5.54 Å². The van der Waals surface area contributed by atoms with E-state index < -0.39 is 0 Å². The Kier molecular flexibility index (Phi) is 2.18. The second-order valence-electron chi connectivity index (χ2n) is 5.50. The van der Waals surface area contributed by atoms with Crippen LogP contribution in [-0.4, -0.2) is 9.55 Å². The number of aryl methyl sites for hydroxylation is 1. The Morgan fingerprint density at radius 3 is 2.71 bits per heavy atom. The molecule has 2 aromatic rings. The Hall–Kier alpha value is -1.51. The van der Waals surface area contributed by atoms with Gasteiger partial charge in [-0.05, 0) is 44.4 Å². The molecule has 1 aliphatic rings. The molecule has 3 heteroatoms. The van der Waals surface area contributed by atoms with Crippen molar-refractivity contribution in [1.29, 1.82) is 0 Å². The van der Waals surface area contributed by atoms with Crippen LogP contribution in [0.3, 0.4) is 0 Å². The topological polar surface area (TPSA) is 43.8 Å². The molecule has 1 aromatic carbocycles. The molecule has 1 fully saturated rings. The van der Waals surface area contributed by atoms with Crippen LogP contribution < -0.4 is 5.73 Å². The van der Waals surface area contributed by atoms with Gasteiger partial charge in [-0.1, -0.05) is 18.9 Å². The molecule has 0 radical (unpaired) electrons. The highest BCUT2D eigenvalue weighted by molar-refractivity contribution is 5.79. The smallest absolute Gasteiger partial charge is 0.201 e. The minimum absolute atomic E-state index is 0.159. The highest BCUT2D eigenvalue weighted by atomic mass is 15.2. The van der Waals surface area contributed by atoms with Gasteiger partial charge in [0.05, 0.1) is 11.0 Å². The number of benzene rings is 1. The molecule has 0 saturated heterocycles. The van der Waals surface area contributed by atoms with Gasteiger partial charge < -0.3 is 10.3 Å². The normalized spacial score (nSPS) is 18.9. The van der Waals surface area contributed by atoms with Gasteiger partial charge in [0.25, 0.3) is 0 Å². The fourth-order valence-corrected chi connectivity index (χ4v) is 3.13. The third-order valence-corrected chi connectivity index (χ3v) is 4.06. The van der Waals surface area contributed by atoms with Crippen molar-refractivity contribution < 1.29 is 0 Å². The van der Waals surface area contributed by atoms with Crippen molar-refractivity contribution in [3.8, 4) is 0 Å². The fourth-order valence-electron chi connectivity index (χ4n) is 3.13. The second-order valence-corrected chi connectivity index (χ2v) is 5.50. The van der Waals surface area contributed by atoms with Crippen LogP contribution >= 0.6 is 0 Å². The van der Waals surface area contributed by atoms with Crippen LogP contribution in [0.2, 0.25) is 0 Å². The van der Waals surface area contributed by atoms with Gasteiger partial charge in [-0.15, -0.1) is 0 Å². The summed E-state index contributed by atoms with van der Waals surface area (Å²) in [5.41, 5.74) is 9.75. The molecule has 0 amide bonds. The van der Waals surface area contributed by atoms with Crippen LogP contribution in [-0.2, 0) is 5.54 Å². The zero-order chi connectivity index (χ0) is 12.0. The summed E-state index contributed by atoms with van der Waals surface area (Å²) in [6.07, 6.45) is 5.00. The van der Waals surface area contributed by atoms with Crippen molar-refractivity contribution >= 4 is 17.0 Å². The Bertz CT molecular complexity index is 562. The summed E-state index contributed by atoms with van der Waals surface area (Å²) >= 11 is 0. The van der Waals surface area contributed by atoms with E-state index in [-0.39, 0.29) is 5.54 Å². The minimum Gasteiger partial charge on any atom is -0.369 e. The summed E-state index contributed by atoms with van der Waals surface area (Å²) in [5.74, 6) is 0.662. The molecule has 90 valence electrons. The molecule has 1 heterocycles. The first-order valence-corrected chi connectivity index (χ1v) is 6.35. The summed E-state index contributed by atoms with van der Waals surface area (Å²) in [6, 6.07) is 6.36. The average Bonchev–Trinajstić information content (AvgIpc) is 2.82. The van der Waals surface area contributed by atoms with E-state index in [1.165, 1.54) is 36.8 Å². The number of anilines is 1. The van der Waals surface area contributed by atoms with Crippen molar-refractivity contribution in [2.75, 3.05) is 5.73 Å². The molecule has 3 nitrogen and oxygen atoms in total. The van der Waals surface area contributed by atoms with Crippen LogP contribution in [0.15, 0.2) is 18.2 Å². The first kappa shape index (κ1) is 10.6. The number of nitrogen functional groups attached to an aromatic ring is 1. The molecule has 3 rings (SSSR count). The SMILES string of the molecule is Cc1ccc2nc(N)n(C3(C)CCCC3)c2c1. The zero-order valence-corrected chi connectivity index (χ0v) is 10.5. The average molecular weight is 229 g/mol. The van der Waals surface area contributed by atoms with E-state index in [0.717, 1.165) is 5.52 Å². The van der Waals surface area contributed by atoms with E-state index in [1.807, 2.05) is 0 Å². The Balaban J connectivity index is 2.27. The fraction of sp³-hybridized carbons (Fsp3) is 0.500. The van der Waals surface area contributed by atoms with E-state index >= 15 is 0 Å². The van der Waals surface area contributed by atoms with E-state index in [4.69, 9.17) is 5.73 Å². The number of nitrogens with two attached hydrogens (primary N) is 1. The van der Waals surface area contributed by atoms with Gasteiger partial charge in [0.2, 0.25) is 5.95 Å². The van der Waals surface area contributed by atoms with Crippen LogP contribution in [0.1, 0.15) is 38.2 Å². The number of hydrogen-bond acceptors (Lipinski definition) is 2. The molecule has 17 heavy (non-hydrogen) atoms. The number of fused-ring (bicyclic) bond motifs is 1. The molecule has 0 bridgehead atoms. The summed E-state index contributed by atoms with van der Waals surface area (Å²) < 4.78 is 2.25. The maximum absolute atomic E-state index is 6.12. The lowest BCUT2D eigenvalue weighted by Gasteiger charge is -2.27. The quantitative estimate of drug-likeness (QED) is 0.816. The zero-order valence-electron chi connectivity index (χ0n) is 10.5. The minimum atomic E-state index is 0.159. The van der Waals surface area contributed by atoms with E-state index in [1.54, 1.807) is 0 Å². The van der Waals surface area contributed by atoms with Gasteiger partial charge in [-0.3, -0.25) is 0 Å². The maximum atomic E-state index is 6.12. The number of aromatic nitrogens is 2. The van der Waals surface area contributed by atoms with Crippen LogP contribution in [0.4, 0.5) is 5.95 Å². The molecule has 0 aliphatic heterocycles.